The van der Waals surface area contributed by atoms with E-state index in [4.69, 9.17) is 20.6 Å². The molecule has 1 aromatic rings. The van der Waals surface area contributed by atoms with E-state index in [0.717, 1.165) is 10.2 Å². The van der Waals surface area contributed by atoms with Gasteiger partial charge in [-0.15, -0.1) is 0 Å². The van der Waals surface area contributed by atoms with Gasteiger partial charge in [-0.25, -0.2) is 0 Å². The average molecular weight is 273 g/mol. The summed E-state index contributed by atoms with van der Waals surface area (Å²) in [5, 5.41) is 7.27. The molecule has 0 bridgehead atoms. The fraction of sp³-hybridized carbons (Fsp3) is 0.300. The molecule has 0 unspecified atom stereocenters. The summed E-state index contributed by atoms with van der Waals surface area (Å²) >= 11 is 3.35. The number of amidine groups is 1. The zero-order chi connectivity index (χ0) is 11.3. The fourth-order valence-electron chi connectivity index (χ4n) is 1.02. The van der Waals surface area contributed by atoms with E-state index in [1.165, 1.54) is 0 Å². The molecule has 0 fully saturated rings. The van der Waals surface area contributed by atoms with Crippen LogP contribution in [0.3, 0.4) is 0 Å². The first kappa shape index (κ1) is 12.0. The summed E-state index contributed by atoms with van der Waals surface area (Å²) in [6.45, 7) is 1.04. The van der Waals surface area contributed by atoms with E-state index >= 15 is 0 Å². The van der Waals surface area contributed by atoms with Crippen molar-refractivity contribution in [2.45, 2.75) is 0 Å². The standard InChI is InChI=1S/C10H13BrN2O2/c1-14-4-5-15-9-3-2-7(10(12)13)6-8(9)11/h2-3,6H,4-5H2,1H3,(H3,12,13). The van der Waals surface area contributed by atoms with Crippen LogP contribution in [0, 0.1) is 5.41 Å². The Bertz CT molecular complexity index is 355. The van der Waals surface area contributed by atoms with Gasteiger partial charge in [0.1, 0.15) is 18.2 Å². The quantitative estimate of drug-likeness (QED) is 0.488. The van der Waals surface area contributed by atoms with Crippen molar-refractivity contribution in [3.63, 3.8) is 0 Å². The zero-order valence-electron chi connectivity index (χ0n) is 8.42. The van der Waals surface area contributed by atoms with Crippen LogP contribution < -0.4 is 10.5 Å². The third-order valence-electron chi connectivity index (χ3n) is 1.79. The molecule has 0 spiro atoms. The lowest BCUT2D eigenvalue weighted by molar-refractivity contribution is 0.146. The molecule has 3 N–H and O–H groups in total. The Hall–Kier alpha value is -1.07. The molecule has 0 aliphatic heterocycles. The molecule has 0 aliphatic rings. The molecule has 4 nitrogen and oxygen atoms in total. The lowest BCUT2D eigenvalue weighted by Crippen LogP contribution is -2.11. The molecule has 0 aromatic heterocycles. The number of benzene rings is 1. The molecule has 0 radical (unpaired) electrons. The van der Waals surface area contributed by atoms with Gasteiger partial charge in [0, 0.05) is 12.7 Å². The van der Waals surface area contributed by atoms with Crippen molar-refractivity contribution >= 4 is 21.8 Å². The largest absolute Gasteiger partial charge is 0.490 e. The molecule has 1 aromatic carbocycles. The van der Waals surface area contributed by atoms with Crippen molar-refractivity contribution in [3.8, 4) is 5.75 Å². The van der Waals surface area contributed by atoms with E-state index in [1.54, 1.807) is 25.3 Å². The lowest BCUT2D eigenvalue weighted by Gasteiger charge is -2.08. The number of halogens is 1. The average Bonchev–Trinajstić information content (AvgIpc) is 2.20. The van der Waals surface area contributed by atoms with Crippen LogP contribution in [-0.4, -0.2) is 26.2 Å². The third kappa shape index (κ3) is 3.53. The van der Waals surface area contributed by atoms with Gasteiger partial charge in [-0.05, 0) is 34.1 Å². The number of ether oxygens (including phenoxy) is 2. The normalized spacial score (nSPS) is 10.0. The highest BCUT2D eigenvalue weighted by Crippen LogP contribution is 2.25. The zero-order valence-corrected chi connectivity index (χ0v) is 10.0. The molecule has 0 saturated carbocycles. The Balaban J connectivity index is 2.70. The molecule has 15 heavy (non-hydrogen) atoms. The fourth-order valence-corrected chi connectivity index (χ4v) is 1.51. The number of hydrogen-bond acceptors (Lipinski definition) is 3. The van der Waals surface area contributed by atoms with E-state index in [2.05, 4.69) is 15.9 Å². The Morgan fingerprint density at radius 3 is 2.73 bits per heavy atom. The second-order valence-electron chi connectivity index (χ2n) is 2.90. The number of nitrogens with one attached hydrogen (secondary N) is 1. The predicted molar refractivity (Wildman–Crippen MR) is 62.5 cm³/mol. The first-order valence-corrected chi connectivity index (χ1v) is 5.20. The summed E-state index contributed by atoms with van der Waals surface area (Å²) in [6, 6.07) is 5.27. The second-order valence-corrected chi connectivity index (χ2v) is 3.75. The summed E-state index contributed by atoms with van der Waals surface area (Å²) in [7, 11) is 1.62. The minimum absolute atomic E-state index is 0.0409. The molecule has 0 aliphatic carbocycles. The molecular formula is C10H13BrN2O2. The number of methoxy groups -OCH3 is 1. The van der Waals surface area contributed by atoms with E-state index in [9.17, 15) is 0 Å². The summed E-state index contributed by atoms with van der Waals surface area (Å²) in [4.78, 5) is 0. The molecular weight excluding hydrogens is 260 g/mol. The summed E-state index contributed by atoms with van der Waals surface area (Å²) in [5.41, 5.74) is 6.02. The van der Waals surface area contributed by atoms with Crippen LogP contribution in [0.1, 0.15) is 5.56 Å². The van der Waals surface area contributed by atoms with Crippen LogP contribution in [0.4, 0.5) is 0 Å². The monoisotopic (exact) mass is 272 g/mol. The Morgan fingerprint density at radius 2 is 2.20 bits per heavy atom. The number of nitrogens with two attached hydrogens (primary N) is 1. The van der Waals surface area contributed by atoms with Crippen LogP contribution in [0.15, 0.2) is 22.7 Å². The van der Waals surface area contributed by atoms with Gasteiger partial charge in [0.05, 0.1) is 11.1 Å². The van der Waals surface area contributed by atoms with E-state index in [-0.39, 0.29) is 5.84 Å². The smallest absolute Gasteiger partial charge is 0.133 e. The maximum Gasteiger partial charge on any atom is 0.133 e. The van der Waals surface area contributed by atoms with Gasteiger partial charge in [-0.3, -0.25) is 5.41 Å². The molecule has 0 heterocycles. The highest BCUT2D eigenvalue weighted by atomic mass is 79.9. The third-order valence-corrected chi connectivity index (χ3v) is 2.41. The van der Waals surface area contributed by atoms with Crippen LogP contribution in [0.2, 0.25) is 0 Å². The van der Waals surface area contributed by atoms with Gasteiger partial charge in [-0.2, -0.15) is 0 Å². The maximum atomic E-state index is 7.27. The van der Waals surface area contributed by atoms with Gasteiger partial charge < -0.3 is 15.2 Å². The number of rotatable bonds is 5. The Morgan fingerprint density at radius 1 is 1.47 bits per heavy atom. The van der Waals surface area contributed by atoms with Crippen molar-refractivity contribution in [2.75, 3.05) is 20.3 Å². The molecule has 82 valence electrons. The first-order valence-electron chi connectivity index (χ1n) is 4.41. The van der Waals surface area contributed by atoms with Crippen molar-refractivity contribution in [1.29, 1.82) is 5.41 Å². The van der Waals surface area contributed by atoms with E-state index in [1.807, 2.05) is 0 Å². The van der Waals surface area contributed by atoms with Crippen LogP contribution in [0.5, 0.6) is 5.75 Å². The second kappa shape index (κ2) is 5.72. The lowest BCUT2D eigenvalue weighted by atomic mass is 10.2. The van der Waals surface area contributed by atoms with Crippen molar-refractivity contribution in [1.82, 2.24) is 0 Å². The number of hydrogen-bond donors (Lipinski definition) is 2. The minimum Gasteiger partial charge on any atom is -0.490 e. The van der Waals surface area contributed by atoms with E-state index < -0.39 is 0 Å². The molecule has 1 rings (SSSR count). The van der Waals surface area contributed by atoms with Crippen LogP contribution >= 0.6 is 15.9 Å². The Labute approximate surface area is 97.0 Å². The van der Waals surface area contributed by atoms with Gasteiger partial charge in [0.25, 0.3) is 0 Å². The molecule has 0 amide bonds. The maximum absolute atomic E-state index is 7.27. The SMILES string of the molecule is COCCOc1ccc(C(=N)N)cc1Br. The topological polar surface area (TPSA) is 68.3 Å². The predicted octanol–water partition coefficient (Wildman–Crippen LogP) is 1.76. The highest BCUT2D eigenvalue weighted by molar-refractivity contribution is 9.10. The van der Waals surface area contributed by atoms with Gasteiger partial charge in [0.15, 0.2) is 0 Å². The van der Waals surface area contributed by atoms with Gasteiger partial charge in [-0.1, -0.05) is 0 Å². The Kier molecular flexibility index (Phi) is 4.58. The summed E-state index contributed by atoms with van der Waals surface area (Å²) in [6.07, 6.45) is 0. The first-order chi connectivity index (χ1) is 7.15. The molecule has 0 atom stereocenters. The van der Waals surface area contributed by atoms with Crippen molar-refractivity contribution < 1.29 is 9.47 Å². The van der Waals surface area contributed by atoms with Crippen molar-refractivity contribution in [2.24, 2.45) is 5.73 Å². The highest BCUT2D eigenvalue weighted by Gasteiger charge is 2.03. The van der Waals surface area contributed by atoms with Crippen molar-refractivity contribution in [3.05, 3.63) is 28.2 Å². The summed E-state index contributed by atoms with van der Waals surface area (Å²) < 4.78 is 11.1. The molecule has 5 heteroatoms. The van der Waals surface area contributed by atoms with Crippen LogP contribution in [0.25, 0.3) is 0 Å². The van der Waals surface area contributed by atoms with E-state index in [0.29, 0.717) is 18.8 Å². The molecule has 0 saturated heterocycles. The number of nitrogen functional groups attached to an aromatic ring is 1. The minimum atomic E-state index is 0.0409. The summed E-state index contributed by atoms with van der Waals surface area (Å²) in [5.74, 6) is 0.760. The van der Waals surface area contributed by atoms with Gasteiger partial charge >= 0.3 is 0 Å². The van der Waals surface area contributed by atoms with Gasteiger partial charge in [0.2, 0.25) is 0 Å². The van der Waals surface area contributed by atoms with Crippen LogP contribution in [-0.2, 0) is 4.74 Å².